The van der Waals surface area contributed by atoms with Gasteiger partial charge in [-0.1, -0.05) is 0 Å². The Labute approximate surface area is 102 Å². The Morgan fingerprint density at radius 3 is 2.17 bits per heavy atom. The summed E-state index contributed by atoms with van der Waals surface area (Å²) in [4.78, 5) is 14.7. The minimum absolute atomic E-state index is 0.158. The lowest BCUT2D eigenvalue weighted by atomic mass is 10.0. The summed E-state index contributed by atoms with van der Waals surface area (Å²) in [6, 6.07) is 5.90. The quantitative estimate of drug-likeness (QED) is 0.889. The van der Waals surface area contributed by atoms with E-state index in [0.717, 1.165) is 18.2 Å². The average molecular weight is 249 g/mol. The SMILES string of the molecule is Cc1cc(-c2cc(F)cc(F)c2)cc(C(=O)O)n1. The van der Waals surface area contributed by atoms with Gasteiger partial charge in [0.1, 0.15) is 17.3 Å². The Balaban J connectivity index is 2.59. The van der Waals surface area contributed by atoms with Crippen LogP contribution in [0.15, 0.2) is 30.3 Å². The molecule has 0 bridgehead atoms. The van der Waals surface area contributed by atoms with Gasteiger partial charge in [0.15, 0.2) is 0 Å². The highest BCUT2D eigenvalue weighted by molar-refractivity contribution is 5.87. The molecule has 0 radical (unpaired) electrons. The summed E-state index contributed by atoms with van der Waals surface area (Å²) in [7, 11) is 0. The molecule has 1 aromatic carbocycles. The fourth-order valence-electron chi connectivity index (χ4n) is 1.67. The lowest BCUT2D eigenvalue weighted by Crippen LogP contribution is -2.02. The van der Waals surface area contributed by atoms with E-state index in [2.05, 4.69) is 4.98 Å². The number of aryl methyl sites for hydroxylation is 1. The maximum atomic E-state index is 13.1. The third-order valence-electron chi connectivity index (χ3n) is 2.37. The number of halogens is 2. The first-order chi connectivity index (χ1) is 8.45. The first-order valence-corrected chi connectivity index (χ1v) is 5.14. The van der Waals surface area contributed by atoms with Crippen LogP contribution in [0.1, 0.15) is 16.2 Å². The molecule has 0 saturated carbocycles. The van der Waals surface area contributed by atoms with Crippen LogP contribution in [0.5, 0.6) is 0 Å². The standard InChI is InChI=1S/C13H9F2NO2/c1-7-2-8(5-12(16-7)13(17)18)9-3-10(14)6-11(15)4-9/h2-6H,1H3,(H,17,18). The maximum absolute atomic E-state index is 13.1. The van der Waals surface area contributed by atoms with Crippen LogP contribution in [0, 0.1) is 18.6 Å². The predicted molar refractivity (Wildman–Crippen MR) is 61.3 cm³/mol. The third kappa shape index (κ3) is 2.51. The monoisotopic (exact) mass is 249 g/mol. The second-order valence-electron chi connectivity index (χ2n) is 3.85. The molecule has 92 valence electrons. The number of hydrogen-bond acceptors (Lipinski definition) is 2. The molecule has 5 heteroatoms. The summed E-state index contributed by atoms with van der Waals surface area (Å²) in [6.07, 6.45) is 0. The lowest BCUT2D eigenvalue weighted by molar-refractivity contribution is 0.0690. The fraction of sp³-hybridized carbons (Fsp3) is 0.0769. The normalized spacial score (nSPS) is 10.4. The smallest absolute Gasteiger partial charge is 0.354 e. The molecular weight excluding hydrogens is 240 g/mol. The van der Waals surface area contributed by atoms with Crippen molar-refractivity contribution in [1.82, 2.24) is 4.98 Å². The molecule has 1 aromatic heterocycles. The van der Waals surface area contributed by atoms with Crippen LogP contribution in [0.25, 0.3) is 11.1 Å². The second kappa shape index (κ2) is 4.52. The minimum Gasteiger partial charge on any atom is -0.477 e. The van der Waals surface area contributed by atoms with Gasteiger partial charge in [-0.2, -0.15) is 0 Å². The molecular formula is C13H9F2NO2. The predicted octanol–water partition coefficient (Wildman–Crippen LogP) is 3.03. The summed E-state index contributed by atoms with van der Waals surface area (Å²) in [5.41, 5.74) is 1.00. The number of pyridine rings is 1. The van der Waals surface area contributed by atoms with Crippen molar-refractivity contribution >= 4 is 5.97 Å². The molecule has 1 heterocycles. The van der Waals surface area contributed by atoms with Gasteiger partial charge in [-0.15, -0.1) is 0 Å². The fourth-order valence-corrected chi connectivity index (χ4v) is 1.67. The van der Waals surface area contributed by atoms with Crippen molar-refractivity contribution < 1.29 is 18.7 Å². The molecule has 3 nitrogen and oxygen atoms in total. The number of carboxylic acid groups (broad SMARTS) is 1. The molecule has 1 N–H and O–H groups in total. The number of carboxylic acids is 1. The van der Waals surface area contributed by atoms with E-state index in [-0.39, 0.29) is 11.3 Å². The number of benzene rings is 1. The topological polar surface area (TPSA) is 50.2 Å². The molecule has 0 unspecified atom stereocenters. The Kier molecular flexibility index (Phi) is 3.06. The highest BCUT2D eigenvalue weighted by Gasteiger charge is 2.10. The van der Waals surface area contributed by atoms with E-state index in [0.29, 0.717) is 11.3 Å². The van der Waals surface area contributed by atoms with Gasteiger partial charge >= 0.3 is 5.97 Å². The van der Waals surface area contributed by atoms with Crippen molar-refractivity contribution in [3.05, 3.63) is 53.4 Å². The number of carbonyl (C=O) groups is 1. The van der Waals surface area contributed by atoms with Crippen LogP contribution in [-0.4, -0.2) is 16.1 Å². The summed E-state index contributed by atoms with van der Waals surface area (Å²) in [5, 5.41) is 8.88. The zero-order valence-electron chi connectivity index (χ0n) is 9.45. The van der Waals surface area contributed by atoms with Gasteiger partial charge < -0.3 is 5.11 Å². The third-order valence-corrected chi connectivity index (χ3v) is 2.37. The largest absolute Gasteiger partial charge is 0.477 e. The number of hydrogen-bond donors (Lipinski definition) is 1. The molecule has 0 amide bonds. The average Bonchev–Trinajstić information content (AvgIpc) is 2.26. The van der Waals surface area contributed by atoms with Crippen LogP contribution in [0.3, 0.4) is 0 Å². The van der Waals surface area contributed by atoms with Crippen molar-refractivity contribution in [3.8, 4) is 11.1 Å². The molecule has 0 aliphatic heterocycles. The highest BCUT2D eigenvalue weighted by Crippen LogP contribution is 2.23. The number of aromatic carboxylic acids is 1. The summed E-state index contributed by atoms with van der Waals surface area (Å²) >= 11 is 0. The molecule has 18 heavy (non-hydrogen) atoms. The molecule has 0 aliphatic carbocycles. The van der Waals surface area contributed by atoms with Crippen LogP contribution in [0.4, 0.5) is 8.78 Å². The maximum Gasteiger partial charge on any atom is 0.354 e. The molecule has 0 spiro atoms. The van der Waals surface area contributed by atoms with E-state index >= 15 is 0 Å². The molecule has 0 aliphatic rings. The molecule has 2 rings (SSSR count). The van der Waals surface area contributed by atoms with Crippen molar-refractivity contribution in [3.63, 3.8) is 0 Å². The zero-order chi connectivity index (χ0) is 13.3. The van der Waals surface area contributed by atoms with Crippen LogP contribution in [0.2, 0.25) is 0 Å². The molecule has 2 aromatic rings. The number of rotatable bonds is 2. The Morgan fingerprint density at radius 1 is 1.06 bits per heavy atom. The van der Waals surface area contributed by atoms with Crippen LogP contribution >= 0.6 is 0 Å². The minimum atomic E-state index is -1.18. The first kappa shape index (κ1) is 12.2. The number of nitrogens with zero attached hydrogens (tertiary/aromatic N) is 1. The lowest BCUT2D eigenvalue weighted by Gasteiger charge is -2.05. The van der Waals surface area contributed by atoms with E-state index in [1.54, 1.807) is 13.0 Å². The van der Waals surface area contributed by atoms with Crippen molar-refractivity contribution in [2.24, 2.45) is 0 Å². The van der Waals surface area contributed by atoms with Crippen LogP contribution < -0.4 is 0 Å². The van der Waals surface area contributed by atoms with E-state index in [4.69, 9.17) is 5.11 Å². The van der Waals surface area contributed by atoms with E-state index < -0.39 is 17.6 Å². The molecule has 0 atom stereocenters. The van der Waals surface area contributed by atoms with Gasteiger partial charge in [0.2, 0.25) is 0 Å². The van der Waals surface area contributed by atoms with Crippen molar-refractivity contribution in [1.29, 1.82) is 0 Å². The number of aromatic nitrogens is 1. The second-order valence-corrected chi connectivity index (χ2v) is 3.85. The zero-order valence-corrected chi connectivity index (χ0v) is 9.45. The summed E-state index contributed by atoms with van der Waals surface area (Å²) < 4.78 is 26.2. The Hall–Kier alpha value is -2.30. The van der Waals surface area contributed by atoms with Gasteiger partial charge in [-0.05, 0) is 42.3 Å². The summed E-state index contributed by atoms with van der Waals surface area (Å²) in [6.45, 7) is 1.62. The van der Waals surface area contributed by atoms with E-state index in [1.165, 1.54) is 6.07 Å². The van der Waals surface area contributed by atoms with Crippen LogP contribution in [-0.2, 0) is 0 Å². The Morgan fingerprint density at radius 2 is 1.61 bits per heavy atom. The van der Waals surface area contributed by atoms with Crippen molar-refractivity contribution in [2.75, 3.05) is 0 Å². The van der Waals surface area contributed by atoms with Gasteiger partial charge in [0.05, 0.1) is 0 Å². The van der Waals surface area contributed by atoms with Gasteiger partial charge in [0, 0.05) is 11.8 Å². The molecule has 0 saturated heterocycles. The highest BCUT2D eigenvalue weighted by atomic mass is 19.1. The first-order valence-electron chi connectivity index (χ1n) is 5.14. The summed E-state index contributed by atoms with van der Waals surface area (Å²) in [5.74, 6) is -2.61. The van der Waals surface area contributed by atoms with Gasteiger partial charge in [-0.25, -0.2) is 18.6 Å². The van der Waals surface area contributed by atoms with E-state index in [9.17, 15) is 13.6 Å². The van der Waals surface area contributed by atoms with E-state index in [1.807, 2.05) is 0 Å². The van der Waals surface area contributed by atoms with Gasteiger partial charge in [0.25, 0.3) is 0 Å². The van der Waals surface area contributed by atoms with Gasteiger partial charge in [-0.3, -0.25) is 0 Å². The molecule has 0 fully saturated rings. The Bertz CT molecular complexity index is 606. The van der Waals surface area contributed by atoms with Crippen molar-refractivity contribution in [2.45, 2.75) is 6.92 Å².